The van der Waals surface area contributed by atoms with E-state index in [-0.39, 0.29) is 12.4 Å². The van der Waals surface area contributed by atoms with Crippen LogP contribution in [0.2, 0.25) is 0 Å². The standard InChI is InChI=1S/C5H5.3ClH.U/c1-2-4-5-3-1;;;;/h1-5H;3*1H;/q-1;;;;+2/p-3. The summed E-state index contributed by atoms with van der Waals surface area (Å²) in [6, 6.07) is 10.0. The van der Waals surface area contributed by atoms with E-state index >= 15 is 0 Å². The van der Waals surface area contributed by atoms with Crippen LogP contribution in [0.4, 0.5) is 0 Å². The third-order valence-electron chi connectivity index (χ3n) is 0.556. The maximum atomic E-state index is 4.97. The smallest absolute Gasteiger partial charge is 0.172 e. The molecule has 52 valence electrons. The summed E-state index contributed by atoms with van der Waals surface area (Å²) in [5.41, 5.74) is 0. The molecule has 0 aliphatic heterocycles. The number of rotatable bonds is 0. The van der Waals surface area contributed by atoms with Crippen LogP contribution in [-0.4, -0.2) is 0 Å². The van der Waals surface area contributed by atoms with E-state index in [0.29, 0.717) is 0 Å². The molecule has 1 aromatic rings. The van der Waals surface area contributed by atoms with Crippen molar-refractivity contribution in [2.75, 3.05) is 0 Å². The van der Waals surface area contributed by atoms with Gasteiger partial charge in [-0.3, -0.25) is 0 Å². The van der Waals surface area contributed by atoms with Crippen molar-refractivity contribution in [2.24, 2.45) is 0 Å². The van der Waals surface area contributed by atoms with Crippen molar-refractivity contribution >= 4 is 15.2 Å². The largest absolute Gasteiger partial charge is 0.214 e. The maximum Gasteiger partial charge on any atom is -0.172 e. The zero-order valence-corrected chi connectivity index (χ0v) is 11.0. The van der Waals surface area contributed by atoms with E-state index in [9.17, 15) is 0 Å². The Hall–Kier alpha value is 1.27. The van der Waals surface area contributed by atoms with Gasteiger partial charge in [0, 0.05) is 0 Å². The Bertz CT molecular complexity index is 79.1. The van der Waals surface area contributed by atoms with Gasteiger partial charge in [-0.25, -0.2) is 12.1 Å². The summed E-state index contributed by atoms with van der Waals surface area (Å²) in [5, 5.41) is 0. The minimum absolute atomic E-state index is 0. The first-order chi connectivity index (χ1) is 3.91. The van der Waals surface area contributed by atoms with Gasteiger partial charge in [0.25, 0.3) is 0 Å². The Kier molecular flexibility index (Phi) is 17.2. The first kappa shape index (κ1) is 12.9. The van der Waals surface area contributed by atoms with Crippen LogP contribution in [0.1, 0.15) is 0 Å². The maximum absolute atomic E-state index is 4.97. The Morgan fingerprint density at radius 3 is 1.56 bits per heavy atom. The van der Waals surface area contributed by atoms with Gasteiger partial charge in [-0.1, -0.05) is 0 Å². The van der Waals surface area contributed by atoms with Crippen molar-refractivity contribution in [3.8, 4) is 0 Å². The van der Waals surface area contributed by atoms with Crippen LogP contribution in [-0.2, 0) is 0 Å². The summed E-state index contributed by atoms with van der Waals surface area (Å²) >= 11 is -1.06. The third-order valence-corrected chi connectivity index (χ3v) is 0.556. The molecule has 1 aromatic carbocycles. The fraction of sp³-hybridized carbons (Fsp3) is 0. The second kappa shape index (κ2) is 12.0. The number of hydrogen-bond acceptors (Lipinski definition) is 0. The van der Waals surface area contributed by atoms with E-state index in [1.807, 2.05) is 30.3 Å². The van der Waals surface area contributed by atoms with Crippen LogP contribution < -0.4 is 12.4 Å². The molecule has 0 nitrogen and oxygen atoms in total. The monoisotopic (exact) mass is 408 g/mol. The van der Waals surface area contributed by atoms with Crippen molar-refractivity contribution in [3.05, 3.63) is 30.3 Å². The van der Waals surface area contributed by atoms with E-state index in [0.717, 1.165) is 0 Å². The molecular weight excluding hydrogens is 404 g/mol. The molecule has 0 amide bonds. The fourth-order valence-corrected chi connectivity index (χ4v) is 0.321. The molecule has 0 unspecified atom stereocenters. The van der Waals surface area contributed by atoms with Gasteiger partial charge in [0.1, 0.15) is 0 Å². The van der Waals surface area contributed by atoms with Crippen LogP contribution in [0.15, 0.2) is 30.3 Å². The zero-order chi connectivity index (χ0) is 6.24. The van der Waals surface area contributed by atoms with Gasteiger partial charge < -0.3 is 12.4 Å². The molecule has 0 N–H and O–H groups in total. The number of halogens is 3. The molecule has 4 heteroatoms. The van der Waals surface area contributed by atoms with Crippen molar-refractivity contribution < 1.29 is 37.5 Å². The normalized spacial score (nSPS) is 5.56. The molecule has 0 bridgehead atoms. The van der Waals surface area contributed by atoms with E-state index in [4.69, 9.17) is 15.2 Å². The molecule has 0 saturated heterocycles. The molecule has 0 aliphatic rings. The quantitative estimate of drug-likeness (QED) is 0.521. The van der Waals surface area contributed by atoms with Gasteiger partial charge in [0.2, 0.25) is 0 Å². The molecular formula is C5H5Cl3U-2. The molecule has 0 aliphatic carbocycles. The first-order valence-corrected chi connectivity index (χ1v) is 12.2. The van der Waals surface area contributed by atoms with Gasteiger partial charge in [-0.05, 0) is 0 Å². The van der Waals surface area contributed by atoms with Gasteiger partial charge in [0.05, 0.1) is 0 Å². The predicted molar refractivity (Wildman–Crippen MR) is 33.7 cm³/mol. The summed E-state index contributed by atoms with van der Waals surface area (Å²) in [6.07, 6.45) is 0. The topological polar surface area (TPSA) is 0 Å². The van der Waals surface area contributed by atoms with Gasteiger partial charge in [-0.2, -0.15) is 18.2 Å². The van der Waals surface area contributed by atoms with Crippen molar-refractivity contribution in [1.82, 2.24) is 0 Å². The van der Waals surface area contributed by atoms with E-state index in [1.54, 1.807) is 0 Å². The van der Waals surface area contributed by atoms with Gasteiger partial charge in [-0.15, -0.1) is 0 Å². The first-order valence-electron chi connectivity index (χ1n) is 2.04. The van der Waals surface area contributed by atoms with Crippen molar-refractivity contribution in [1.29, 1.82) is 0 Å². The van der Waals surface area contributed by atoms with Crippen molar-refractivity contribution in [3.63, 3.8) is 0 Å². The van der Waals surface area contributed by atoms with Crippen molar-refractivity contribution in [2.45, 2.75) is 0 Å². The molecule has 0 saturated carbocycles. The Balaban J connectivity index is 0. The second-order valence-corrected chi connectivity index (χ2v) is 6.96. The van der Waals surface area contributed by atoms with Gasteiger partial charge >= 0.3 is 40.3 Å². The number of hydrogen-bond donors (Lipinski definition) is 0. The SMILES string of the molecule is [Cl-].[Cl][U][Cl].c1cc[cH-]c1. The van der Waals surface area contributed by atoms with E-state index in [1.165, 1.54) is 0 Å². The molecule has 0 radical (unpaired) electrons. The average Bonchev–Trinajstić information content (AvgIpc) is 2.17. The fourth-order valence-electron chi connectivity index (χ4n) is 0.321. The Morgan fingerprint density at radius 1 is 1.11 bits per heavy atom. The average molecular weight is 409 g/mol. The molecule has 0 aromatic heterocycles. The van der Waals surface area contributed by atoms with Gasteiger partial charge in [0.15, 0.2) is 0 Å². The zero-order valence-electron chi connectivity index (χ0n) is 4.52. The van der Waals surface area contributed by atoms with Crippen LogP contribution in [0.5, 0.6) is 0 Å². The Morgan fingerprint density at radius 2 is 1.44 bits per heavy atom. The predicted octanol–water partition coefficient (Wildman–Crippen LogP) is -0.212. The summed E-state index contributed by atoms with van der Waals surface area (Å²) in [6.45, 7) is 0. The third kappa shape index (κ3) is 12.5. The molecule has 0 atom stereocenters. The molecule has 9 heavy (non-hydrogen) atoms. The Labute approximate surface area is 82.2 Å². The molecule has 0 fully saturated rings. The summed E-state index contributed by atoms with van der Waals surface area (Å²) < 4.78 is 0. The van der Waals surface area contributed by atoms with Crippen LogP contribution >= 0.6 is 15.2 Å². The molecule has 0 heterocycles. The van der Waals surface area contributed by atoms with Crippen LogP contribution in [0.3, 0.4) is 0 Å². The minimum Gasteiger partial charge on any atom is -0.214 e. The van der Waals surface area contributed by atoms with Crippen LogP contribution in [0.25, 0.3) is 0 Å². The minimum atomic E-state index is -1.06. The molecule has 0 spiro atoms. The summed E-state index contributed by atoms with van der Waals surface area (Å²) in [5.74, 6) is 0. The summed E-state index contributed by atoms with van der Waals surface area (Å²) in [4.78, 5) is 0. The second-order valence-electron chi connectivity index (χ2n) is 1.03. The van der Waals surface area contributed by atoms with E-state index < -0.39 is 25.1 Å². The van der Waals surface area contributed by atoms with E-state index in [2.05, 4.69) is 0 Å². The summed E-state index contributed by atoms with van der Waals surface area (Å²) in [7, 11) is 9.95. The molecule has 1 rings (SSSR count). The van der Waals surface area contributed by atoms with Crippen LogP contribution in [0, 0.1) is 25.1 Å².